The molecule has 2 N–H and O–H groups in total. The van der Waals surface area contributed by atoms with E-state index in [1.165, 1.54) is 24.3 Å². The van der Waals surface area contributed by atoms with Crippen LogP contribution in [0.15, 0.2) is 48.5 Å². The maximum Gasteiger partial charge on any atom is 0.258 e. The van der Waals surface area contributed by atoms with E-state index < -0.39 is 0 Å². The third kappa shape index (κ3) is 5.89. The SMILES string of the molecule is O=C(COc1ccc(F)cc1)NCCNC(=O)c1ccc(Cl)cc1. The van der Waals surface area contributed by atoms with Gasteiger partial charge in [0.25, 0.3) is 11.8 Å². The highest BCUT2D eigenvalue weighted by Crippen LogP contribution is 2.10. The van der Waals surface area contributed by atoms with Gasteiger partial charge in [0, 0.05) is 23.7 Å². The molecule has 7 heteroatoms. The Morgan fingerprint density at radius 1 is 0.958 bits per heavy atom. The molecule has 0 saturated carbocycles. The minimum Gasteiger partial charge on any atom is -0.484 e. The molecule has 0 aliphatic heterocycles. The topological polar surface area (TPSA) is 67.4 Å². The summed E-state index contributed by atoms with van der Waals surface area (Å²) in [5, 5.41) is 5.84. The van der Waals surface area contributed by atoms with Gasteiger partial charge in [-0.2, -0.15) is 0 Å². The lowest BCUT2D eigenvalue weighted by molar-refractivity contribution is -0.123. The van der Waals surface area contributed by atoms with E-state index in [0.717, 1.165) is 0 Å². The first-order chi connectivity index (χ1) is 11.5. The van der Waals surface area contributed by atoms with Crippen molar-refractivity contribution in [2.75, 3.05) is 19.7 Å². The van der Waals surface area contributed by atoms with Crippen LogP contribution in [0.25, 0.3) is 0 Å². The molecule has 24 heavy (non-hydrogen) atoms. The normalized spacial score (nSPS) is 10.1. The second kappa shape index (κ2) is 8.88. The third-order valence-electron chi connectivity index (χ3n) is 3.02. The number of ether oxygens (including phenoxy) is 1. The summed E-state index contributed by atoms with van der Waals surface area (Å²) in [7, 11) is 0. The Morgan fingerprint density at radius 2 is 1.58 bits per heavy atom. The molecule has 0 saturated heterocycles. The van der Waals surface area contributed by atoms with Crippen LogP contribution in [-0.4, -0.2) is 31.5 Å². The standard InChI is InChI=1S/C17H16ClFN2O3/c18-13-3-1-12(2-4-13)17(23)21-10-9-20-16(22)11-24-15-7-5-14(19)6-8-15/h1-8H,9-11H2,(H,20,22)(H,21,23). The van der Waals surface area contributed by atoms with Gasteiger partial charge in [-0.1, -0.05) is 11.6 Å². The van der Waals surface area contributed by atoms with E-state index in [1.54, 1.807) is 24.3 Å². The Bertz CT molecular complexity index is 690. The minimum atomic E-state index is -0.372. The number of amides is 2. The van der Waals surface area contributed by atoms with Crippen LogP contribution in [0.5, 0.6) is 5.75 Å². The second-order valence-electron chi connectivity index (χ2n) is 4.86. The molecule has 0 heterocycles. The van der Waals surface area contributed by atoms with Gasteiger partial charge in [-0.15, -0.1) is 0 Å². The molecule has 0 radical (unpaired) electrons. The zero-order chi connectivity index (χ0) is 17.4. The number of nitrogens with one attached hydrogen (secondary N) is 2. The summed E-state index contributed by atoms with van der Waals surface area (Å²) in [5.41, 5.74) is 0.491. The second-order valence-corrected chi connectivity index (χ2v) is 5.29. The minimum absolute atomic E-state index is 0.184. The van der Waals surface area contributed by atoms with Gasteiger partial charge >= 0.3 is 0 Å². The molecule has 0 spiro atoms. The molecular weight excluding hydrogens is 335 g/mol. The van der Waals surface area contributed by atoms with Crippen molar-refractivity contribution < 1.29 is 18.7 Å². The summed E-state index contributed by atoms with van der Waals surface area (Å²) in [6, 6.07) is 11.9. The molecule has 0 aliphatic carbocycles. The maximum atomic E-state index is 12.7. The Labute approximate surface area is 143 Å². The van der Waals surface area contributed by atoms with Crippen LogP contribution in [0.1, 0.15) is 10.4 Å². The van der Waals surface area contributed by atoms with E-state index in [0.29, 0.717) is 16.3 Å². The van der Waals surface area contributed by atoms with Crippen molar-refractivity contribution in [1.29, 1.82) is 0 Å². The largest absolute Gasteiger partial charge is 0.484 e. The predicted octanol–water partition coefficient (Wildman–Crippen LogP) is 2.40. The highest BCUT2D eigenvalue weighted by molar-refractivity contribution is 6.30. The van der Waals surface area contributed by atoms with Gasteiger partial charge < -0.3 is 15.4 Å². The lowest BCUT2D eigenvalue weighted by atomic mass is 10.2. The number of hydrogen-bond donors (Lipinski definition) is 2. The van der Waals surface area contributed by atoms with Crippen LogP contribution in [0.4, 0.5) is 4.39 Å². The molecule has 5 nitrogen and oxygen atoms in total. The average molecular weight is 351 g/mol. The van der Waals surface area contributed by atoms with E-state index in [9.17, 15) is 14.0 Å². The summed E-state index contributed by atoms with van der Waals surface area (Å²) >= 11 is 5.75. The van der Waals surface area contributed by atoms with Gasteiger partial charge in [0.1, 0.15) is 11.6 Å². The molecular formula is C17H16ClFN2O3. The number of rotatable bonds is 7. The monoisotopic (exact) mass is 350 g/mol. The van der Waals surface area contributed by atoms with Crippen molar-refractivity contribution in [3.8, 4) is 5.75 Å². The van der Waals surface area contributed by atoms with Crippen molar-refractivity contribution >= 4 is 23.4 Å². The fourth-order valence-electron chi connectivity index (χ4n) is 1.81. The summed E-state index contributed by atoms with van der Waals surface area (Å²) in [6.45, 7) is 0.367. The summed E-state index contributed by atoms with van der Waals surface area (Å²) in [6.07, 6.45) is 0. The molecule has 2 rings (SSSR count). The van der Waals surface area contributed by atoms with E-state index in [1.807, 2.05) is 0 Å². The lowest BCUT2D eigenvalue weighted by Gasteiger charge is -2.08. The molecule has 0 unspecified atom stereocenters. The molecule has 126 valence electrons. The predicted molar refractivity (Wildman–Crippen MR) is 88.7 cm³/mol. The summed E-state index contributed by atoms with van der Waals surface area (Å²) < 4.78 is 17.9. The Morgan fingerprint density at radius 3 is 2.25 bits per heavy atom. The molecule has 0 bridgehead atoms. The van der Waals surface area contributed by atoms with Gasteiger partial charge in [-0.25, -0.2) is 4.39 Å². The molecule has 0 aromatic heterocycles. The first-order valence-electron chi connectivity index (χ1n) is 7.23. The zero-order valence-electron chi connectivity index (χ0n) is 12.7. The first-order valence-corrected chi connectivity index (χ1v) is 7.61. The van der Waals surface area contributed by atoms with Gasteiger partial charge in [0.15, 0.2) is 6.61 Å². The Hall–Kier alpha value is -2.60. The van der Waals surface area contributed by atoms with Crippen molar-refractivity contribution in [3.63, 3.8) is 0 Å². The van der Waals surface area contributed by atoms with Crippen LogP contribution in [0.2, 0.25) is 5.02 Å². The van der Waals surface area contributed by atoms with Crippen LogP contribution in [0.3, 0.4) is 0 Å². The zero-order valence-corrected chi connectivity index (χ0v) is 13.5. The van der Waals surface area contributed by atoms with Gasteiger partial charge in [0.05, 0.1) is 0 Å². The molecule has 2 amide bonds. The van der Waals surface area contributed by atoms with Crippen LogP contribution in [-0.2, 0) is 4.79 Å². The van der Waals surface area contributed by atoms with Crippen LogP contribution in [0, 0.1) is 5.82 Å². The molecule has 0 aliphatic rings. The Balaban J connectivity index is 1.63. The highest BCUT2D eigenvalue weighted by Gasteiger charge is 2.06. The summed E-state index contributed by atoms with van der Waals surface area (Å²) in [5.74, 6) is -0.547. The molecule has 2 aromatic rings. The van der Waals surface area contributed by atoms with Crippen molar-refractivity contribution in [1.82, 2.24) is 10.6 Å². The van der Waals surface area contributed by atoms with Crippen molar-refractivity contribution in [3.05, 3.63) is 64.9 Å². The van der Waals surface area contributed by atoms with Gasteiger partial charge in [-0.3, -0.25) is 9.59 Å². The average Bonchev–Trinajstić information content (AvgIpc) is 2.58. The lowest BCUT2D eigenvalue weighted by Crippen LogP contribution is -2.36. The van der Waals surface area contributed by atoms with E-state index >= 15 is 0 Å². The fraction of sp³-hybridized carbons (Fsp3) is 0.176. The van der Waals surface area contributed by atoms with Crippen molar-refractivity contribution in [2.45, 2.75) is 0 Å². The summed E-state index contributed by atoms with van der Waals surface area (Å²) in [4.78, 5) is 23.4. The molecule has 2 aromatic carbocycles. The fourth-order valence-corrected chi connectivity index (χ4v) is 1.94. The number of hydrogen-bond acceptors (Lipinski definition) is 3. The highest BCUT2D eigenvalue weighted by atomic mass is 35.5. The number of carbonyl (C=O) groups is 2. The third-order valence-corrected chi connectivity index (χ3v) is 3.27. The van der Waals surface area contributed by atoms with Crippen molar-refractivity contribution in [2.24, 2.45) is 0 Å². The number of benzene rings is 2. The van der Waals surface area contributed by atoms with Crippen LogP contribution >= 0.6 is 11.6 Å². The van der Waals surface area contributed by atoms with Crippen LogP contribution < -0.4 is 15.4 Å². The maximum absolute atomic E-state index is 12.7. The smallest absolute Gasteiger partial charge is 0.258 e. The van der Waals surface area contributed by atoms with E-state index in [4.69, 9.17) is 16.3 Å². The number of halogens is 2. The van der Waals surface area contributed by atoms with E-state index in [2.05, 4.69) is 10.6 Å². The van der Waals surface area contributed by atoms with E-state index in [-0.39, 0.29) is 37.3 Å². The quantitative estimate of drug-likeness (QED) is 0.753. The van der Waals surface area contributed by atoms with Gasteiger partial charge in [-0.05, 0) is 48.5 Å². The Kier molecular flexibility index (Phi) is 6.57. The number of carbonyl (C=O) groups excluding carboxylic acids is 2. The first kappa shape index (κ1) is 17.7. The van der Waals surface area contributed by atoms with Gasteiger partial charge in [0.2, 0.25) is 0 Å². The molecule has 0 fully saturated rings. The molecule has 0 atom stereocenters.